The second kappa shape index (κ2) is 6.50. The van der Waals surface area contributed by atoms with Gasteiger partial charge in [0.25, 0.3) is 0 Å². The van der Waals surface area contributed by atoms with Crippen molar-refractivity contribution in [2.45, 2.75) is 37.6 Å². The van der Waals surface area contributed by atoms with Gasteiger partial charge in [0.2, 0.25) is 0 Å². The molecule has 25 heavy (non-hydrogen) atoms. The number of amides is 2. The molecule has 4 atom stereocenters. The minimum Gasteiger partial charge on any atom is -0.391 e. The van der Waals surface area contributed by atoms with Gasteiger partial charge < -0.3 is 15.7 Å². The van der Waals surface area contributed by atoms with Crippen molar-refractivity contribution in [3.63, 3.8) is 0 Å². The Bertz CT molecular complexity index is 730. The lowest BCUT2D eigenvalue weighted by Crippen LogP contribution is -2.55. The van der Waals surface area contributed by atoms with Gasteiger partial charge in [-0.2, -0.15) is 5.10 Å². The van der Waals surface area contributed by atoms with Gasteiger partial charge in [-0.3, -0.25) is 9.58 Å². The van der Waals surface area contributed by atoms with Crippen LogP contribution in [0.4, 0.5) is 10.5 Å². The van der Waals surface area contributed by atoms with Crippen LogP contribution in [0.3, 0.4) is 0 Å². The Labute approximate surface area is 146 Å². The van der Waals surface area contributed by atoms with E-state index >= 15 is 0 Å². The molecular weight excluding hydrogens is 318 g/mol. The molecule has 0 spiro atoms. The second-order valence-corrected chi connectivity index (χ2v) is 6.75. The number of nitrogens with zero attached hydrogens (tertiary/aromatic N) is 3. The molecule has 2 aromatic rings. The lowest BCUT2D eigenvalue weighted by atomic mass is 9.82. The number of urea groups is 1. The molecule has 4 rings (SSSR count). The van der Waals surface area contributed by atoms with E-state index in [0.717, 1.165) is 17.7 Å². The summed E-state index contributed by atoms with van der Waals surface area (Å²) in [4.78, 5) is 13.5. The van der Waals surface area contributed by atoms with E-state index in [9.17, 15) is 9.90 Å². The van der Waals surface area contributed by atoms with Crippen LogP contribution in [0.2, 0.25) is 0 Å². The lowest BCUT2D eigenvalue weighted by Gasteiger charge is -2.43. The summed E-state index contributed by atoms with van der Waals surface area (Å²) in [5.41, 5.74) is 2.07. The average molecular weight is 341 g/mol. The quantitative estimate of drug-likeness (QED) is 0.768. The number of benzene rings is 1. The molecule has 0 bridgehead atoms. The number of aromatic nitrogens is 2. The molecule has 1 saturated heterocycles. The average Bonchev–Trinajstić information content (AvgIpc) is 3.26. The molecule has 7 nitrogen and oxygen atoms in total. The summed E-state index contributed by atoms with van der Waals surface area (Å²) in [6, 6.07) is 10.2. The van der Waals surface area contributed by atoms with Gasteiger partial charge in [0, 0.05) is 43.3 Å². The topological polar surface area (TPSA) is 82.4 Å². The fraction of sp³-hybridized carbons (Fsp3) is 0.444. The Morgan fingerprint density at radius 3 is 2.76 bits per heavy atom. The van der Waals surface area contributed by atoms with Gasteiger partial charge >= 0.3 is 6.03 Å². The summed E-state index contributed by atoms with van der Waals surface area (Å²) >= 11 is 0. The zero-order valence-corrected chi connectivity index (χ0v) is 14.2. The molecule has 1 unspecified atom stereocenters. The molecule has 2 heterocycles. The highest BCUT2D eigenvalue weighted by Crippen LogP contribution is 2.34. The van der Waals surface area contributed by atoms with Crippen molar-refractivity contribution in [2.75, 3.05) is 18.0 Å². The van der Waals surface area contributed by atoms with E-state index < -0.39 is 0 Å². The highest BCUT2D eigenvalue weighted by Gasteiger charge is 2.42. The Hall–Kier alpha value is -2.38. The van der Waals surface area contributed by atoms with Crippen LogP contribution in [0.25, 0.3) is 0 Å². The Balaban J connectivity index is 1.41. The number of carbonyl (C=O) groups excluding carboxylic acids is 1. The summed E-state index contributed by atoms with van der Waals surface area (Å²) in [6.07, 6.45) is 3.99. The van der Waals surface area contributed by atoms with E-state index in [4.69, 9.17) is 0 Å². The maximum atomic E-state index is 11.7. The highest BCUT2D eigenvalue weighted by molar-refractivity contribution is 5.93. The van der Waals surface area contributed by atoms with Crippen molar-refractivity contribution in [3.05, 3.63) is 48.3 Å². The SMILES string of the molecule is CC(N[C@H]1C[C@@H](O)[C@@H]1n1cccn1)c1ccc(N2CCNC2=O)cc1. The predicted octanol–water partition coefficient (Wildman–Crippen LogP) is 1.44. The number of hydrogen-bond donors (Lipinski definition) is 3. The number of hydrogen-bond acceptors (Lipinski definition) is 4. The summed E-state index contributed by atoms with van der Waals surface area (Å²) in [6.45, 7) is 3.51. The van der Waals surface area contributed by atoms with Gasteiger partial charge in [-0.15, -0.1) is 0 Å². The van der Waals surface area contributed by atoms with Gasteiger partial charge in [0.1, 0.15) is 0 Å². The minimum atomic E-state index is -0.361. The zero-order valence-electron chi connectivity index (χ0n) is 14.2. The fourth-order valence-electron chi connectivity index (χ4n) is 3.67. The second-order valence-electron chi connectivity index (χ2n) is 6.75. The van der Waals surface area contributed by atoms with Gasteiger partial charge in [0.15, 0.2) is 0 Å². The van der Waals surface area contributed by atoms with E-state index in [2.05, 4.69) is 34.8 Å². The molecule has 132 valence electrons. The summed E-state index contributed by atoms with van der Waals surface area (Å²) in [5.74, 6) is 0. The summed E-state index contributed by atoms with van der Waals surface area (Å²) in [5, 5.41) is 20.7. The van der Waals surface area contributed by atoms with Gasteiger partial charge in [-0.25, -0.2) is 4.79 Å². The number of nitrogens with one attached hydrogen (secondary N) is 2. The molecule has 1 aromatic heterocycles. The van der Waals surface area contributed by atoms with E-state index in [1.54, 1.807) is 11.1 Å². The molecular formula is C18H23N5O2. The molecule has 0 radical (unpaired) electrons. The van der Waals surface area contributed by atoms with Gasteiger partial charge in [-0.1, -0.05) is 12.1 Å². The molecule has 2 aliphatic rings. The number of aliphatic hydroxyl groups is 1. The number of carbonyl (C=O) groups is 1. The van der Waals surface area contributed by atoms with E-state index in [1.807, 2.05) is 29.1 Å². The lowest BCUT2D eigenvalue weighted by molar-refractivity contribution is -0.0110. The van der Waals surface area contributed by atoms with Crippen LogP contribution < -0.4 is 15.5 Å². The maximum Gasteiger partial charge on any atom is 0.321 e. The van der Waals surface area contributed by atoms with Crippen molar-refractivity contribution in [2.24, 2.45) is 0 Å². The van der Waals surface area contributed by atoms with Crippen molar-refractivity contribution in [1.29, 1.82) is 0 Å². The van der Waals surface area contributed by atoms with E-state index in [0.29, 0.717) is 13.1 Å². The number of rotatable bonds is 5. The Morgan fingerprint density at radius 1 is 1.36 bits per heavy atom. The summed E-state index contributed by atoms with van der Waals surface area (Å²) in [7, 11) is 0. The molecule has 1 aliphatic heterocycles. The van der Waals surface area contributed by atoms with Gasteiger partial charge in [0.05, 0.1) is 12.1 Å². The Kier molecular flexibility index (Phi) is 4.19. The standard InChI is InChI=1S/C18H23N5O2/c1-12(21-15-11-16(24)17(15)23-9-2-7-20-23)13-3-5-14(6-4-13)22-10-8-19-18(22)25/h2-7,9,12,15-17,21,24H,8,10-11H2,1H3,(H,19,25)/t12?,15-,16+,17+/m0/s1. The molecule has 2 amide bonds. The first-order valence-corrected chi connectivity index (χ1v) is 8.72. The first-order chi connectivity index (χ1) is 12.1. The maximum absolute atomic E-state index is 11.7. The first-order valence-electron chi connectivity index (χ1n) is 8.72. The third-order valence-electron chi connectivity index (χ3n) is 5.16. The van der Waals surface area contributed by atoms with Crippen LogP contribution in [0.1, 0.15) is 31.0 Å². The Morgan fingerprint density at radius 2 is 2.16 bits per heavy atom. The third kappa shape index (κ3) is 3.01. The number of anilines is 1. The molecule has 1 saturated carbocycles. The predicted molar refractivity (Wildman–Crippen MR) is 94.4 cm³/mol. The monoisotopic (exact) mass is 341 g/mol. The van der Waals surface area contributed by atoms with E-state index in [1.165, 1.54) is 0 Å². The van der Waals surface area contributed by atoms with Crippen LogP contribution in [0.15, 0.2) is 42.7 Å². The van der Waals surface area contributed by atoms with Crippen LogP contribution in [-0.4, -0.2) is 46.2 Å². The smallest absolute Gasteiger partial charge is 0.321 e. The van der Waals surface area contributed by atoms with Crippen LogP contribution >= 0.6 is 0 Å². The largest absolute Gasteiger partial charge is 0.391 e. The van der Waals surface area contributed by atoms with Gasteiger partial charge in [-0.05, 0) is 37.1 Å². The normalized spacial score (nSPS) is 27.0. The zero-order chi connectivity index (χ0) is 17.4. The highest BCUT2D eigenvalue weighted by atomic mass is 16.3. The molecule has 2 fully saturated rings. The third-order valence-corrected chi connectivity index (χ3v) is 5.16. The van der Waals surface area contributed by atoms with Crippen molar-refractivity contribution < 1.29 is 9.90 Å². The van der Waals surface area contributed by atoms with Crippen molar-refractivity contribution in [3.8, 4) is 0 Å². The number of aliphatic hydroxyl groups excluding tert-OH is 1. The first kappa shape index (κ1) is 16.1. The van der Waals surface area contributed by atoms with Crippen molar-refractivity contribution in [1.82, 2.24) is 20.4 Å². The molecule has 1 aliphatic carbocycles. The van der Waals surface area contributed by atoms with E-state index in [-0.39, 0.29) is 30.3 Å². The molecule has 1 aromatic carbocycles. The van der Waals surface area contributed by atoms with Crippen LogP contribution in [0, 0.1) is 0 Å². The molecule has 7 heteroatoms. The molecule has 3 N–H and O–H groups in total. The summed E-state index contributed by atoms with van der Waals surface area (Å²) < 4.78 is 1.83. The van der Waals surface area contributed by atoms with Crippen LogP contribution in [-0.2, 0) is 0 Å². The fourth-order valence-corrected chi connectivity index (χ4v) is 3.67. The van der Waals surface area contributed by atoms with Crippen molar-refractivity contribution >= 4 is 11.7 Å². The van der Waals surface area contributed by atoms with Crippen LogP contribution in [0.5, 0.6) is 0 Å². The minimum absolute atomic E-state index is 0.0231.